The van der Waals surface area contributed by atoms with Crippen LogP contribution in [0.5, 0.6) is 0 Å². The zero-order valence-corrected chi connectivity index (χ0v) is 11.2. The number of likely N-dealkylation sites (N-methyl/N-ethyl adjacent to an activating group) is 1. The highest BCUT2D eigenvalue weighted by atomic mass is 16.4. The average Bonchev–Trinajstić information content (AvgIpc) is 2.97. The summed E-state index contributed by atoms with van der Waals surface area (Å²) < 4.78 is 2.04. The van der Waals surface area contributed by atoms with Gasteiger partial charge in [-0.2, -0.15) is 0 Å². The SMILES string of the molecule is CN1CCCC1Cc1nnc2n1CC(C(=O)O)CC2. The number of fused-ring (bicyclic) bond motifs is 1. The summed E-state index contributed by atoms with van der Waals surface area (Å²) in [7, 11) is 2.14. The van der Waals surface area contributed by atoms with Crippen LogP contribution in [0.3, 0.4) is 0 Å². The number of aromatic nitrogens is 3. The zero-order valence-electron chi connectivity index (χ0n) is 11.2. The van der Waals surface area contributed by atoms with Gasteiger partial charge >= 0.3 is 5.97 Å². The Bertz CT molecular complexity index is 485. The summed E-state index contributed by atoms with van der Waals surface area (Å²) in [6.07, 6.45) is 4.72. The summed E-state index contributed by atoms with van der Waals surface area (Å²) in [5.74, 6) is 0.916. The number of carbonyl (C=O) groups is 1. The number of aliphatic carboxylic acids is 1. The third kappa shape index (κ3) is 2.36. The Labute approximate surface area is 112 Å². The van der Waals surface area contributed by atoms with Crippen molar-refractivity contribution in [3.8, 4) is 0 Å². The molecule has 1 N–H and O–H groups in total. The number of nitrogens with zero attached hydrogens (tertiary/aromatic N) is 4. The van der Waals surface area contributed by atoms with Crippen LogP contribution in [-0.4, -0.2) is 50.4 Å². The van der Waals surface area contributed by atoms with Crippen molar-refractivity contribution >= 4 is 5.97 Å². The van der Waals surface area contributed by atoms with Crippen LogP contribution in [0.25, 0.3) is 0 Å². The van der Waals surface area contributed by atoms with Gasteiger partial charge in [-0.1, -0.05) is 0 Å². The fourth-order valence-electron chi connectivity index (χ4n) is 3.18. The molecule has 2 atom stereocenters. The number of hydrogen-bond donors (Lipinski definition) is 1. The molecule has 1 aromatic heterocycles. The number of aryl methyl sites for hydroxylation is 1. The van der Waals surface area contributed by atoms with Crippen molar-refractivity contribution in [2.24, 2.45) is 5.92 Å². The zero-order chi connectivity index (χ0) is 13.4. The molecule has 0 saturated carbocycles. The first-order chi connectivity index (χ1) is 9.15. The van der Waals surface area contributed by atoms with E-state index in [0.29, 0.717) is 19.0 Å². The number of rotatable bonds is 3. The molecule has 2 aliphatic rings. The highest BCUT2D eigenvalue weighted by Gasteiger charge is 2.29. The minimum absolute atomic E-state index is 0.288. The predicted octanol–water partition coefficient (Wildman–Crippen LogP) is 0.562. The van der Waals surface area contributed by atoms with Gasteiger partial charge in [-0.15, -0.1) is 10.2 Å². The lowest BCUT2D eigenvalue weighted by Crippen LogP contribution is -2.31. The van der Waals surface area contributed by atoms with E-state index < -0.39 is 5.97 Å². The second-order valence-corrected chi connectivity index (χ2v) is 5.70. The molecular formula is C13H20N4O2. The molecule has 0 spiro atoms. The monoisotopic (exact) mass is 264 g/mol. The van der Waals surface area contributed by atoms with E-state index in [1.807, 2.05) is 4.57 Å². The van der Waals surface area contributed by atoms with E-state index in [9.17, 15) is 4.79 Å². The van der Waals surface area contributed by atoms with Crippen molar-refractivity contribution < 1.29 is 9.90 Å². The predicted molar refractivity (Wildman–Crippen MR) is 68.8 cm³/mol. The molecular weight excluding hydrogens is 244 g/mol. The van der Waals surface area contributed by atoms with Crippen molar-refractivity contribution in [1.29, 1.82) is 0 Å². The number of hydrogen-bond acceptors (Lipinski definition) is 4. The van der Waals surface area contributed by atoms with E-state index in [1.54, 1.807) is 0 Å². The second kappa shape index (κ2) is 4.92. The van der Waals surface area contributed by atoms with Crippen molar-refractivity contribution in [2.75, 3.05) is 13.6 Å². The number of carboxylic acid groups (broad SMARTS) is 1. The van der Waals surface area contributed by atoms with Gasteiger partial charge in [0.05, 0.1) is 5.92 Å². The third-order valence-electron chi connectivity index (χ3n) is 4.46. The van der Waals surface area contributed by atoms with Crippen LogP contribution in [0, 0.1) is 5.92 Å². The molecule has 2 unspecified atom stereocenters. The molecule has 19 heavy (non-hydrogen) atoms. The fraction of sp³-hybridized carbons (Fsp3) is 0.769. The standard InChI is InChI=1S/C13H20N4O2/c1-16-6-2-3-10(16)7-12-15-14-11-5-4-9(13(18)19)8-17(11)12/h9-10H,2-8H2,1H3,(H,18,19). The summed E-state index contributed by atoms with van der Waals surface area (Å²) >= 11 is 0. The molecule has 0 aromatic carbocycles. The Morgan fingerprint density at radius 1 is 1.42 bits per heavy atom. The van der Waals surface area contributed by atoms with Gasteiger partial charge in [0.15, 0.2) is 0 Å². The van der Waals surface area contributed by atoms with Crippen molar-refractivity contribution in [3.63, 3.8) is 0 Å². The molecule has 0 radical (unpaired) electrons. The molecule has 1 saturated heterocycles. The summed E-state index contributed by atoms with van der Waals surface area (Å²) in [6, 6.07) is 0.526. The van der Waals surface area contributed by atoms with Gasteiger partial charge in [0.25, 0.3) is 0 Å². The van der Waals surface area contributed by atoms with E-state index >= 15 is 0 Å². The number of likely N-dealkylation sites (tertiary alicyclic amines) is 1. The van der Waals surface area contributed by atoms with Crippen LogP contribution >= 0.6 is 0 Å². The molecule has 6 nitrogen and oxygen atoms in total. The first-order valence-corrected chi connectivity index (χ1v) is 6.99. The molecule has 1 aromatic rings. The van der Waals surface area contributed by atoms with Gasteiger partial charge in [-0.25, -0.2) is 0 Å². The Kier molecular flexibility index (Phi) is 3.26. The molecule has 0 aliphatic carbocycles. The van der Waals surface area contributed by atoms with Crippen molar-refractivity contribution in [1.82, 2.24) is 19.7 Å². The molecule has 6 heteroatoms. The van der Waals surface area contributed by atoms with E-state index in [-0.39, 0.29) is 5.92 Å². The minimum atomic E-state index is -0.705. The van der Waals surface area contributed by atoms with Crippen LogP contribution < -0.4 is 0 Å². The smallest absolute Gasteiger partial charge is 0.308 e. The molecule has 3 rings (SSSR count). The van der Waals surface area contributed by atoms with Crippen LogP contribution in [0.15, 0.2) is 0 Å². The maximum absolute atomic E-state index is 11.1. The topological polar surface area (TPSA) is 71.2 Å². The summed E-state index contributed by atoms with van der Waals surface area (Å²) in [5.41, 5.74) is 0. The van der Waals surface area contributed by atoms with Crippen LogP contribution in [0.4, 0.5) is 0 Å². The van der Waals surface area contributed by atoms with Gasteiger partial charge < -0.3 is 14.6 Å². The molecule has 104 valence electrons. The Hall–Kier alpha value is -1.43. The maximum Gasteiger partial charge on any atom is 0.308 e. The normalized spacial score (nSPS) is 27.4. The van der Waals surface area contributed by atoms with Crippen LogP contribution in [0.2, 0.25) is 0 Å². The van der Waals surface area contributed by atoms with Gasteiger partial charge in [-0.05, 0) is 32.9 Å². The first kappa shape index (κ1) is 12.6. The van der Waals surface area contributed by atoms with Gasteiger partial charge in [0.1, 0.15) is 11.6 Å². The van der Waals surface area contributed by atoms with Crippen molar-refractivity contribution in [2.45, 2.75) is 44.7 Å². The van der Waals surface area contributed by atoms with Crippen LogP contribution in [-0.2, 0) is 24.2 Å². The minimum Gasteiger partial charge on any atom is -0.481 e. The fourth-order valence-corrected chi connectivity index (χ4v) is 3.18. The highest BCUT2D eigenvalue weighted by molar-refractivity contribution is 5.70. The average molecular weight is 264 g/mol. The van der Waals surface area contributed by atoms with Gasteiger partial charge in [0, 0.05) is 25.4 Å². The Balaban J connectivity index is 1.77. The van der Waals surface area contributed by atoms with Crippen molar-refractivity contribution in [3.05, 3.63) is 11.6 Å². The highest BCUT2D eigenvalue weighted by Crippen LogP contribution is 2.23. The summed E-state index contributed by atoms with van der Waals surface area (Å²) in [5, 5.41) is 17.7. The second-order valence-electron chi connectivity index (χ2n) is 5.70. The van der Waals surface area contributed by atoms with E-state index in [2.05, 4.69) is 22.1 Å². The third-order valence-corrected chi connectivity index (χ3v) is 4.46. The summed E-state index contributed by atoms with van der Waals surface area (Å²) in [6.45, 7) is 1.67. The van der Waals surface area contributed by atoms with E-state index in [4.69, 9.17) is 5.11 Å². The molecule has 0 amide bonds. The lowest BCUT2D eigenvalue weighted by Gasteiger charge is -2.23. The quantitative estimate of drug-likeness (QED) is 0.864. The Morgan fingerprint density at radius 2 is 2.26 bits per heavy atom. The number of carboxylic acids is 1. The van der Waals surface area contributed by atoms with Crippen LogP contribution in [0.1, 0.15) is 30.9 Å². The molecule has 1 fully saturated rings. The van der Waals surface area contributed by atoms with Gasteiger partial charge in [0.2, 0.25) is 0 Å². The van der Waals surface area contributed by atoms with Gasteiger partial charge in [-0.3, -0.25) is 4.79 Å². The molecule has 3 heterocycles. The lowest BCUT2D eigenvalue weighted by molar-refractivity contribution is -0.142. The van der Waals surface area contributed by atoms with E-state index in [1.165, 1.54) is 12.8 Å². The molecule has 2 aliphatic heterocycles. The molecule has 0 bridgehead atoms. The lowest BCUT2D eigenvalue weighted by atomic mass is 9.99. The first-order valence-electron chi connectivity index (χ1n) is 6.99. The summed E-state index contributed by atoms with van der Waals surface area (Å²) in [4.78, 5) is 13.5. The largest absolute Gasteiger partial charge is 0.481 e. The van der Waals surface area contributed by atoms with E-state index in [0.717, 1.165) is 31.0 Å². The Morgan fingerprint density at radius 3 is 2.95 bits per heavy atom. The maximum atomic E-state index is 11.1.